The molecule has 2 aromatic heterocycles. The van der Waals surface area contributed by atoms with E-state index >= 15 is 0 Å². The predicted molar refractivity (Wildman–Crippen MR) is 102 cm³/mol. The monoisotopic (exact) mass is 364 g/mol. The maximum Gasteiger partial charge on any atom is 0.349 e. The van der Waals surface area contributed by atoms with Crippen LogP contribution in [0.1, 0.15) is 21.6 Å². The van der Waals surface area contributed by atoms with Crippen molar-refractivity contribution in [3.8, 4) is 0 Å². The van der Waals surface area contributed by atoms with Gasteiger partial charge in [-0.3, -0.25) is 4.79 Å². The van der Waals surface area contributed by atoms with E-state index in [1.807, 2.05) is 13.0 Å². The number of aryl methyl sites for hydroxylation is 1. The van der Waals surface area contributed by atoms with Gasteiger partial charge in [-0.25, -0.2) is 9.18 Å². The number of aromatic amines is 1. The van der Waals surface area contributed by atoms with Gasteiger partial charge in [0.1, 0.15) is 17.0 Å². The van der Waals surface area contributed by atoms with Crippen molar-refractivity contribution >= 4 is 27.8 Å². The second kappa shape index (κ2) is 6.72. The van der Waals surface area contributed by atoms with Gasteiger partial charge in [-0.1, -0.05) is 18.2 Å². The molecule has 6 heteroatoms. The number of H-pyrrole nitrogens is 1. The van der Waals surface area contributed by atoms with Crippen LogP contribution in [-0.2, 0) is 6.42 Å². The summed E-state index contributed by atoms with van der Waals surface area (Å²) in [5.74, 6) is -0.793. The molecule has 0 unspecified atom stereocenters. The number of aromatic nitrogens is 1. The third kappa shape index (κ3) is 3.21. The Kier molecular flexibility index (Phi) is 4.24. The number of carbonyl (C=O) groups excluding carboxylic acids is 1. The highest BCUT2D eigenvalue weighted by molar-refractivity contribution is 5.96. The quantitative estimate of drug-likeness (QED) is 0.542. The van der Waals surface area contributed by atoms with Crippen LogP contribution in [0.15, 0.2) is 57.7 Å². The van der Waals surface area contributed by atoms with Gasteiger partial charge < -0.3 is 14.7 Å². The highest BCUT2D eigenvalue weighted by Gasteiger charge is 2.14. The van der Waals surface area contributed by atoms with Gasteiger partial charge in [0.05, 0.1) is 0 Å². The van der Waals surface area contributed by atoms with E-state index in [2.05, 4.69) is 10.3 Å². The molecule has 2 aromatic carbocycles. The number of hydrogen-bond donors (Lipinski definition) is 2. The van der Waals surface area contributed by atoms with E-state index in [0.717, 1.165) is 22.2 Å². The Labute approximate surface area is 153 Å². The van der Waals surface area contributed by atoms with Gasteiger partial charge in [0, 0.05) is 28.5 Å². The van der Waals surface area contributed by atoms with Gasteiger partial charge >= 0.3 is 5.63 Å². The smallest absolute Gasteiger partial charge is 0.349 e. The molecule has 27 heavy (non-hydrogen) atoms. The third-order valence-electron chi connectivity index (χ3n) is 4.63. The second-order valence-corrected chi connectivity index (χ2v) is 6.41. The fourth-order valence-electron chi connectivity index (χ4n) is 3.29. The van der Waals surface area contributed by atoms with Gasteiger partial charge in [-0.05, 0) is 49.2 Å². The zero-order valence-electron chi connectivity index (χ0n) is 14.6. The van der Waals surface area contributed by atoms with Crippen LogP contribution >= 0.6 is 0 Å². The first-order valence-corrected chi connectivity index (χ1v) is 8.61. The van der Waals surface area contributed by atoms with Crippen molar-refractivity contribution in [2.45, 2.75) is 13.3 Å². The van der Waals surface area contributed by atoms with Crippen molar-refractivity contribution < 1.29 is 13.6 Å². The van der Waals surface area contributed by atoms with Gasteiger partial charge in [0.15, 0.2) is 0 Å². The lowest BCUT2D eigenvalue weighted by atomic mass is 10.1. The molecule has 1 amide bonds. The largest absolute Gasteiger partial charge is 0.422 e. The van der Waals surface area contributed by atoms with Gasteiger partial charge in [-0.2, -0.15) is 0 Å². The van der Waals surface area contributed by atoms with Crippen LogP contribution in [0.4, 0.5) is 4.39 Å². The summed E-state index contributed by atoms with van der Waals surface area (Å²) in [6.07, 6.45) is 0.514. The van der Waals surface area contributed by atoms with Crippen molar-refractivity contribution in [2.75, 3.05) is 6.54 Å². The lowest BCUT2D eigenvalue weighted by Crippen LogP contribution is -2.30. The fraction of sp³-hybridized carbons (Fsp3) is 0.143. The maximum absolute atomic E-state index is 13.5. The zero-order chi connectivity index (χ0) is 19.0. The first-order valence-electron chi connectivity index (χ1n) is 8.61. The van der Waals surface area contributed by atoms with E-state index in [0.29, 0.717) is 23.9 Å². The van der Waals surface area contributed by atoms with Crippen LogP contribution < -0.4 is 10.9 Å². The van der Waals surface area contributed by atoms with Crippen LogP contribution in [0.5, 0.6) is 0 Å². The maximum atomic E-state index is 13.5. The minimum atomic E-state index is -0.670. The minimum absolute atomic E-state index is 0.0320. The summed E-state index contributed by atoms with van der Waals surface area (Å²) in [6, 6.07) is 13.1. The summed E-state index contributed by atoms with van der Waals surface area (Å²) >= 11 is 0. The van der Waals surface area contributed by atoms with Crippen LogP contribution in [0.25, 0.3) is 21.9 Å². The van der Waals surface area contributed by atoms with Crippen molar-refractivity contribution in [1.29, 1.82) is 0 Å². The molecule has 0 aliphatic rings. The SMILES string of the molecule is Cc1[nH]c2ccc(F)cc2c1CCNC(=O)c1cc2ccccc2oc1=O. The summed E-state index contributed by atoms with van der Waals surface area (Å²) in [5.41, 5.74) is 2.46. The molecule has 136 valence electrons. The van der Waals surface area contributed by atoms with E-state index in [4.69, 9.17) is 4.42 Å². The average Bonchev–Trinajstić information content (AvgIpc) is 2.96. The Morgan fingerprint density at radius 1 is 1.19 bits per heavy atom. The van der Waals surface area contributed by atoms with E-state index in [9.17, 15) is 14.0 Å². The molecule has 0 aliphatic carbocycles. The molecule has 0 aliphatic heterocycles. The summed E-state index contributed by atoms with van der Waals surface area (Å²) < 4.78 is 18.7. The molecule has 2 heterocycles. The molecule has 0 atom stereocenters. The molecule has 0 saturated carbocycles. The number of fused-ring (bicyclic) bond motifs is 2. The third-order valence-corrected chi connectivity index (χ3v) is 4.63. The van der Waals surface area contributed by atoms with Crippen molar-refractivity contribution in [1.82, 2.24) is 10.3 Å². The van der Waals surface area contributed by atoms with E-state index in [-0.39, 0.29) is 11.4 Å². The molecule has 0 saturated heterocycles. The van der Waals surface area contributed by atoms with Gasteiger partial charge in [0.2, 0.25) is 0 Å². The van der Waals surface area contributed by atoms with Crippen LogP contribution in [-0.4, -0.2) is 17.4 Å². The first kappa shape index (κ1) is 17.0. The van der Waals surface area contributed by atoms with Crippen LogP contribution in [0, 0.1) is 12.7 Å². The summed E-state index contributed by atoms with van der Waals surface area (Å²) in [7, 11) is 0. The molecule has 4 rings (SSSR count). The van der Waals surface area contributed by atoms with Crippen molar-refractivity contribution in [3.63, 3.8) is 0 Å². The van der Waals surface area contributed by atoms with Gasteiger partial charge in [0.25, 0.3) is 5.91 Å². The Morgan fingerprint density at radius 2 is 2.00 bits per heavy atom. The molecule has 0 spiro atoms. The summed E-state index contributed by atoms with van der Waals surface area (Å²) in [6.45, 7) is 2.22. The molecule has 0 radical (unpaired) electrons. The highest BCUT2D eigenvalue weighted by Crippen LogP contribution is 2.23. The van der Waals surface area contributed by atoms with E-state index in [1.54, 1.807) is 24.3 Å². The normalized spacial score (nSPS) is 11.2. The van der Waals surface area contributed by atoms with E-state index in [1.165, 1.54) is 18.2 Å². The molecule has 0 fully saturated rings. The number of rotatable bonds is 4. The Morgan fingerprint density at radius 3 is 2.85 bits per heavy atom. The van der Waals surface area contributed by atoms with Crippen molar-refractivity contribution in [2.24, 2.45) is 0 Å². The fourth-order valence-corrected chi connectivity index (χ4v) is 3.29. The topological polar surface area (TPSA) is 75.1 Å². The molecular formula is C21H17FN2O3. The highest BCUT2D eigenvalue weighted by atomic mass is 19.1. The van der Waals surface area contributed by atoms with E-state index < -0.39 is 11.5 Å². The Balaban J connectivity index is 1.52. The number of carbonyl (C=O) groups is 1. The number of amides is 1. The standard InChI is InChI=1S/C21H17FN2O3/c1-12-15(16-11-14(22)6-7-18(16)24-12)8-9-23-20(25)17-10-13-4-2-3-5-19(13)27-21(17)26/h2-7,10-11,24H,8-9H2,1H3,(H,23,25). The molecule has 2 N–H and O–H groups in total. The van der Waals surface area contributed by atoms with Crippen molar-refractivity contribution in [3.05, 3.63) is 81.6 Å². The summed E-state index contributed by atoms with van der Waals surface area (Å²) in [4.78, 5) is 27.7. The second-order valence-electron chi connectivity index (χ2n) is 6.41. The molecule has 0 bridgehead atoms. The van der Waals surface area contributed by atoms with Crippen LogP contribution in [0.2, 0.25) is 0 Å². The Hall–Kier alpha value is -3.41. The first-order chi connectivity index (χ1) is 13.0. The predicted octanol–water partition coefficient (Wildman–Crippen LogP) is 3.69. The number of para-hydroxylation sites is 1. The number of nitrogens with one attached hydrogen (secondary N) is 2. The zero-order valence-corrected chi connectivity index (χ0v) is 14.6. The summed E-state index contributed by atoms with van der Waals surface area (Å²) in [5, 5.41) is 4.23. The van der Waals surface area contributed by atoms with Crippen LogP contribution in [0.3, 0.4) is 0 Å². The minimum Gasteiger partial charge on any atom is -0.422 e. The molecular weight excluding hydrogens is 347 g/mol. The number of benzene rings is 2. The van der Waals surface area contributed by atoms with Gasteiger partial charge in [-0.15, -0.1) is 0 Å². The lowest BCUT2D eigenvalue weighted by Gasteiger charge is -2.06. The molecule has 5 nitrogen and oxygen atoms in total. The Bertz CT molecular complexity index is 1220. The number of hydrogen-bond acceptors (Lipinski definition) is 3. The lowest BCUT2D eigenvalue weighted by molar-refractivity contribution is 0.0950. The molecule has 4 aromatic rings. The number of halogens is 1. The average molecular weight is 364 g/mol.